The standard InChI is InChI=1S/C21H19ClN4/c1-15-13-20(23-12-11-16-5-3-2-4-6-16)26-21(25-15)19(14-24-26)17-7-9-18(22)10-8-17/h2-10,13-14,23H,11-12H2,1H3. The molecular weight excluding hydrogens is 344 g/mol. The quantitative estimate of drug-likeness (QED) is 0.542. The highest BCUT2D eigenvalue weighted by Crippen LogP contribution is 2.26. The van der Waals surface area contributed by atoms with E-state index in [1.165, 1.54) is 5.56 Å². The highest BCUT2D eigenvalue weighted by Gasteiger charge is 2.12. The highest BCUT2D eigenvalue weighted by molar-refractivity contribution is 6.30. The van der Waals surface area contributed by atoms with Gasteiger partial charge in [-0.2, -0.15) is 9.61 Å². The van der Waals surface area contributed by atoms with Crippen molar-refractivity contribution in [2.75, 3.05) is 11.9 Å². The molecule has 5 heteroatoms. The minimum atomic E-state index is 0.720. The average molecular weight is 363 g/mol. The van der Waals surface area contributed by atoms with Crippen molar-refractivity contribution in [3.8, 4) is 11.1 Å². The maximum atomic E-state index is 6.00. The van der Waals surface area contributed by atoms with Crippen LogP contribution in [0.15, 0.2) is 66.9 Å². The van der Waals surface area contributed by atoms with Crippen LogP contribution in [0.1, 0.15) is 11.3 Å². The van der Waals surface area contributed by atoms with Gasteiger partial charge in [0.05, 0.1) is 6.20 Å². The van der Waals surface area contributed by atoms with E-state index in [0.29, 0.717) is 0 Å². The molecule has 0 radical (unpaired) electrons. The number of aryl methyl sites for hydroxylation is 1. The van der Waals surface area contributed by atoms with Crippen LogP contribution in [-0.4, -0.2) is 21.1 Å². The van der Waals surface area contributed by atoms with E-state index < -0.39 is 0 Å². The van der Waals surface area contributed by atoms with Crippen molar-refractivity contribution >= 4 is 23.1 Å². The van der Waals surface area contributed by atoms with Crippen LogP contribution in [0.2, 0.25) is 5.02 Å². The summed E-state index contributed by atoms with van der Waals surface area (Å²) in [7, 11) is 0. The monoisotopic (exact) mass is 362 g/mol. The molecule has 2 heterocycles. The van der Waals surface area contributed by atoms with Gasteiger partial charge in [-0.1, -0.05) is 54.1 Å². The van der Waals surface area contributed by atoms with E-state index >= 15 is 0 Å². The lowest BCUT2D eigenvalue weighted by atomic mass is 10.1. The molecule has 0 amide bonds. The van der Waals surface area contributed by atoms with Gasteiger partial charge in [-0.05, 0) is 36.6 Å². The second kappa shape index (κ2) is 7.18. The molecule has 0 bridgehead atoms. The smallest absolute Gasteiger partial charge is 0.165 e. The van der Waals surface area contributed by atoms with Crippen molar-refractivity contribution in [3.63, 3.8) is 0 Å². The Balaban J connectivity index is 1.62. The third kappa shape index (κ3) is 3.41. The van der Waals surface area contributed by atoms with E-state index in [1.807, 2.05) is 54.0 Å². The van der Waals surface area contributed by atoms with Crippen molar-refractivity contribution in [1.82, 2.24) is 14.6 Å². The SMILES string of the molecule is Cc1cc(NCCc2ccccc2)n2ncc(-c3ccc(Cl)cc3)c2n1. The topological polar surface area (TPSA) is 42.2 Å². The van der Waals surface area contributed by atoms with E-state index in [1.54, 1.807) is 0 Å². The van der Waals surface area contributed by atoms with Gasteiger partial charge in [0.2, 0.25) is 0 Å². The molecule has 2 aromatic carbocycles. The number of aromatic nitrogens is 3. The molecule has 0 saturated heterocycles. The normalized spacial score (nSPS) is 11.0. The van der Waals surface area contributed by atoms with Crippen molar-refractivity contribution < 1.29 is 0 Å². The maximum Gasteiger partial charge on any atom is 0.165 e. The zero-order valence-electron chi connectivity index (χ0n) is 14.5. The Bertz CT molecular complexity index is 1020. The Labute approximate surface area is 157 Å². The summed E-state index contributed by atoms with van der Waals surface area (Å²) in [5.41, 5.74) is 5.16. The number of nitrogens with one attached hydrogen (secondary N) is 1. The molecule has 2 aromatic heterocycles. The molecule has 4 rings (SSSR count). The van der Waals surface area contributed by atoms with Gasteiger partial charge < -0.3 is 5.32 Å². The number of benzene rings is 2. The van der Waals surface area contributed by atoms with E-state index in [4.69, 9.17) is 11.6 Å². The van der Waals surface area contributed by atoms with Crippen LogP contribution in [-0.2, 0) is 6.42 Å². The van der Waals surface area contributed by atoms with E-state index in [-0.39, 0.29) is 0 Å². The van der Waals surface area contributed by atoms with Crippen LogP contribution in [0, 0.1) is 6.92 Å². The number of hydrogen-bond acceptors (Lipinski definition) is 3. The molecule has 0 aliphatic carbocycles. The van der Waals surface area contributed by atoms with Gasteiger partial charge in [-0.15, -0.1) is 0 Å². The first-order valence-electron chi connectivity index (χ1n) is 8.60. The van der Waals surface area contributed by atoms with Crippen molar-refractivity contribution in [3.05, 3.63) is 83.1 Å². The zero-order valence-corrected chi connectivity index (χ0v) is 15.2. The van der Waals surface area contributed by atoms with Crippen molar-refractivity contribution in [2.24, 2.45) is 0 Å². The van der Waals surface area contributed by atoms with E-state index in [2.05, 4.69) is 39.7 Å². The van der Waals surface area contributed by atoms with Gasteiger partial charge in [-0.3, -0.25) is 0 Å². The van der Waals surface area contributed by atoms with Crippen molar-refractivity contribution in [2.45, 2.75) is 13.3 Å². The zero-order chi connectivity index (χ0) is 17.9. The molecule has 0 unspecified atom stereocenters. The Kier molecular flexibility index (Phi) is 4.59. The van der Waals surface area contributed by atoms with Gasteiger partial charge >= 0.3 is 0 Å². The summed E-state index contributed by atoms with van der Waals surface area (Å²) in [4.78, 5) is 4.69. The molecule has 0 aliphatic heterocycles. The number of halogens is 1. The third-order valence-electron chi connectivity index (χ3n) is 4.32. The van der Waals surface area contributed by atoms with Crippen LogP contribution in [0.25, 0.3) is 16.8 Å². The number of nitrogens with zero attached hydrogens (tertiary/aromatic N) is 3. The Morgan fingerprint density at radius 3 is 2.58 bits per heavy atom. The number of rotatable bonds is 5. The number of anilines is 1. The predicted molar refractivity (Wildman–Crippen MR) is 107 cm³/mol. The van der Waals surface area contributed by atoms with E-state index in [0.717, 1.165) is 46.3 Å². The van der Waals surface area contributed by atoms with Gasteiger partial charge in [0, 0.05) is 28.9 Å². The first kappa shape index (κ1) is 16.6. The maximum absolute atomic E-state index is 6.00. The largest absolute Gasteiger partial charge is 0.370 e. The first-order valence-corrected chi connectivity index (χ1v) is 8.97. The van der Waals surface area contributed by atoms with Gasteiger partial charge in [0.15, 0.2) is 5.65 Å². The fraction of sp³-hybridized carbons (Fsp3) is 0.143. The first-order chi connectivity index (χ1) is 12.7. The molecule has 0 spiro atoms. The fourth-order valence-corrected chi connectivity index (χ4v) is 3.15. The van der Waals surface area contributed by atoms with Gasteiger partial charge in [-0.25, -0.2) is 4.98 Å². The summed E-state index contributed by atoms with van der Waals surface area (Å²) in [6.07, 6.45) is 2.81. The Morgan fingerprint density at radius 2 is 1.81 bits per heavy atom. The lowest BCUT2D eigenvalue weighted by Gasteiger charge is -2.10. The fourth-order valence-electron chi connectivity index (χ4n) is 3.02. The summed E-state index contributed by atoms with van der Waals surface area (Å²) in [6, 6.07) is 20.2. The van der Waals surface area contributed by atoms with Crippen LogP contribution in [0.3, 0.4) is 0 Å². The third-order valence-corrected chi connectivity index (χ3v) is 4.57. The Morgan fingerprint density at radius 1 is 1.04 bits per heavy atom. The molecule has 4 nitrogen and oxygen atoms in total. The molecule has 0 aliphatic rings. The van der Waals surface area contributed by atoms with E-state index in [9.17, 15) is 0 Å². The van der Waals surface area contributed by atoms with Gasteiger partial charge in [0.1, 0.15) is 5.82 Å². The minimum Gasteiger partial charge on any atom is -0.370 e. The molecule has 130 valence electrons. The average Bonchev–Trinajstić information content (AvgIpc) is 3.07. The molecule has 26 heavy (non-hydrogen) atoms. The highest BCUT2D eigenvalue weighted by atomic mass is 35.5. The van der Waals surface area contributed by atoms with Crippen LogP contribution in [0.4, 0.5) is 5.82 Å². The molecule has 0 atom stereocenters. The lowest BCUT2D eigenvalue weighted by molar-refractivity contribution is 0.906. The summed E-state index contributed by atoms with van der Waals surface area (Å²) >= 11 is 6.00. The second-order valence-electron chi connectivity index (χ2n) is 6.25. The number of fused-ring (bicyclic) bond motifs is 1. The molecule has 1 N–H and O–H groups in total. The molecule has 4 aromatic rings. The lowest BCUT2D eigenvalue weighted by Crippen LogP contribution is -2.10. The summed E-state index contributed by atoms with van der Waals surface area (Å²) in [5.74, 6) is 0.948. The molecular formula is C21H19ClN4. The molecule has 0 saturated carbocycles. The summed E-state index contributed by atoms with van der Waals surface area (Å²) in [5, 5.41) is 8.75. The summed E-state index contributed by atoms with van der Waals surface area (Å²) < 4.78 is 1.86. The minimum absolute atomic E-state index is 0.720. The molecule has 0 fully saturated rings. The Hall–Kier alpha value is -2.85. The second-order valence-corrected chi connectivity index (χ2v) is 6.68. The van der Waals surface area contributed by atoms with Crippen molar-refractivity contribution in [1.29, 1.82) is 0 Å². The van der Waals surface area contributed by atoms with Gasteiger partial charge in [0.25, 0.3) is 0 Å². The number of hydrogen-bond donors (Lipinski definition) is 1. The predicted octanol–water partition coefficient (Wildman–Crippen LogP) is 5.01. The summed E-state index contributed by atoms with van der Waals surface area (Å²) in [6.45, 7) is 2.83. The van der Waals surface area contributed by atoms with Crippen LogP contribution < -0.4 is 5.32 Å². The van der Waals surface area contributed by atoms with Crippen LogP contribution >= 0.6 is 11.6 Å². The van der Waals surface area contributed by atoms with Crippen LogP contribution in [0.5, 0.6) is 0 Å².